The molecule has 6 heteroatoms. The Labute approximate surface area is 169 Å². The third-order valence-electron chi connectivity index (χ3n) is 5.48. The molecule has 1 aromatic heterocycles. The van der Waals surface area contributed by atoms with E-state index in [2.05, 4.69) is 22.0 Å². The molecule has 0 radical (unpaired) electrons. The summed E-state index contributed by atoms with van der Waals surface area (Å²) in [5.74, 6) is 0.832. The minimum Gasteiger partial charge on any atom is -0.497 e. The molecule has 1 N–H and O–H groups in total. The fourth-order valence-corrected chi connectivity index (χ4v) is 3.88. The molecule has 4 rings (SSSR count). The molecule has 1 fully saturated rings. The normalized spacial score (nSPS) is 15.3. The number of nitrogens with zero attached hydrogens (tertiary/aromatic N) is 2. The number of rotatable bonds is 4. The molecule has 0 spiro atoms. The maximum atomic E-state index is 13.2. The Bertz CT molecular complexity index is 1060. The molecule has 1 saturated heterocycles. The van der Waals surface area contributed by atoms with Crippen molar-refractivity contribution in [3.05, 3.63) is 76.2 Å². The minimum atomic E-state index is -0.168. The SMILES string of the molecule is COc1ccc(CN2CCCN(C(=O)c3c[nH]c(=O)c4ccccc34)CC2)cc1. The summed E-state index contributed by atoms with van der Waals surface area (Å²) in [4.78, 5) is 32.2. The number of aromatic amines is 1. The van der Waals surface area contributed by atoms with Crippen LogP contribution >= 0.6 is 0 Å². The summed E-state index contributed by atoms with van der Waals surface area (Å²) in [7, 11) is 1.67. The van der Waals surface area contributed by atoms with Crippen LogP contribution in [-0.4, -0.2) is 54.0 Å². The van der Waals surface area contributed by atoms with Crippen LogP contribution in [0.5, 0.6) is 5.75 Å². The zero-order valence-corrected chi connectivity index (χ0v) is 16.6. The standard InChI is InChI=1S/C23H25N3O3/c1-29-18-9-7-17(8-10-18)16-25-11-4-12-26(14-13-25)23(28)21-15-24-22(27)20-6-3-2-5-19(20)21/h2-3,5-10,15H,4,11-14,16H2,1H3,(H,24,27). The Kier molecular flexibility index (Phi) is 5.62. The van der Waals surface area contributed by atoms with E-state index in [9.17, 15) is 9.59 Å². The number of amides is 1. The number of carbonyl (C=O) groups excluding carboxylic acids is 1. The topological polar surface area (TPSA) is 65.6 Å². The number of hydrogen-bond acceptors (Lipinski definition) is 4. The molecular weight excluding hydrogens is 366 g/mol. The molecule has 1 amide bonds. The van der Waals surface area contributed by atoms with E-state index >= 15 is 0 Å². The molecule has 0 saturated carbocycles. The van der Waals surface area contributed by atoms with E-state index in [-0.39, 0.29) is 11.5 Å². The minimum absolute atomic E-state index is 0.0243. The van der Waals surface area contributed by atoms with E-state index in [0.29, 0.717) is 29.4 Å². The Morgan fingerprint density at radius 2 is 1.76 bits per heavy atom. The molecule has 3 aromatic rings. The Morgan fingerprint density at radius 1 is 1.00 bits per heavy atom. The summed E-state index contributed by atoms with van der Waals surface area (Å²) < 4.78 is 5.22. The van der Waals surface area contributed by atoms with Gasteiger partial charge in [0.05, 0.1) is 12.7 Å². The lowest BCUT2D eigenvalue weighted by molar-refractivity contribution is 0.0762. The van der Waals surface area contributed by atoms with Crippen LogP contribution in [0.1, 0.15) is 22.3 Å². The van der Waals surface area contributed by atoms with Gasteiger partial charge < -0.3 is 14.6 Å². The number of hydrogen-bond donors (Lipinski definition) is 1. The molecule has 0 aliphatic carbocycles. The van der Waals surface area contributed by atoms with Crippen LogP contribution in [0.25, 0.3) is 10.8 Å². The van der Waals surface area contributed by atoms with Gasteiger partial charge in [0.2, 0.25) is 0 Å². The van der Waals surface area contributed by atoms with Gasteiger partial charge in [-0.15, -0.1) is 0 Å². The lowest BCUT2D eigenvalue weighted by Crippen LogP contribution is -2.35. The van der Waals surface area contributed by atoms with Gasteiger partial charge in [0.15, 0.2) is 0 Å². The zero-order chi connectivity index (χ0) is 20.2. The number of pyridine rings is 1. The van der Waals surface area contributed by atoms with E-state index in [0.717, 1.165) is 31.8 Å². The van der Waals surface area contributed by atoms with E-state index in [4.69, 9.17) is 4.74 Å². The lowest BCUT2D eigenvalue weighted by Gasteiger charge is -2.22. The van der Waals surface area contributed by atoms with Crippen LogP contribution in [0.15, 0.2) is 59.5 Å². The highest BCUT2D eigenvalue weighted by atomic mass is 16.5. The van der Waals surface area contributed by atoms with Gasteiger partial charge >= 0.3 is 0 Å². The van der Waals surface area contributed by atoms with Crippen molar-refractivity contribution in [1.29, 1.82) is 0 Å². The summed E-state index contributed by atoms with van der Waals surface area (Å²) in [6.45, 7) is 4.00. The van der Waals surface area contributed by atoms with Gasteiger partial charge in [0.25, 0.3) is 11.5 Å². The van der Waals surface area contributed by atoms with Gasteiger partial charge in [-0.2, -0.15) is 0 Å². The zero-order valence-electron chi connectivity index (χ0n) is 16.6. The predicted molar refractivity (Wildman–Crippen MR) is 113 cm³/mol. The van der Waals surface area contributed by atoms with Crippen molar-refractivity contribution in [2.24, 2.45) is 0 Å². The number of nitrogens with one attached hydrogen (secondary N) is 1. The first-order chi connectivity index (χ1) is 14.2. The number of fused-ring (bicyclic) bond motifs is 1. The van der Waals surface area contributed by atoms with Crippen molar-refractivity contribution in [2.45, 2.75) is 13.0 Å². The molecule has 1 aliphatic rings. The van der Waals surface area contributed by atoms with Gasteiger partial charge in [-0.3, -0.25) is 14.5 Å². The molecule has 0 bridgehead atoms. The third-order valence-corrected chi connectivity index (χ3v) is 5.48. The maximum Gasteiger partial charge on any atom is 0.256 e. The summed E-state index contributed by atoms with van der Waals surface area (Å²) in [6, 6.07) is 15.4. The quantitative estimate of drug-likeness (QED) is 0.743. The number of benzene rings is 2. The van der Waals surface area contributed by atoms with Crippen LogP contribution < -0.4 is 10.3 Å². The highest BCUT2D eigenvalue weighted by molar-refractivity contribution is 6.06. The second-order valence-electron chi connectivity index (χ2n) is 7.35. The number of H-pyrrole nitrogens is 1. The van der Waals surface area contributed by atoms with Crippen molar-refractivity contribution in [1.82, 2.24) is 14.8 Å². The van der Waals surface area contributed by atoms with Gasteiger partial charge in [0.1, 0.15) is 5.75 Å². The summed E-state index contributed by atoms with van der Waals surface area (Å²) in [5, 5.41) is 1.26. The first kappa shape index (κ1) is 19.2. The van der Waals surface area contributed by atoms with E-state index in [1.807, 2.05) is 35.2 Å². The number of ether oxygens (including phenoxy) is 1. The van der Waals surface area contributed by atoms with E-state index in [1.54, 1.807) is 19.4 Å². The Morgan fingerprint density at radius 3 is 2.52 bits per heavy atom. The van der Waals surface area contributed by atoms with Crippen LogP contribution in [-0.2, 0) is 6.54 Å². The molecule has 29 heavy (non-hydrogen) atoms. The van der Waals surface area contributed by atoms with Gasteiger partial charge in [0, 0.05) is 49.7 Å². The second kappa shape index (κ2) is 8.49. The highest BCUT2D eigenvalue weighted by Crippen LogP contribution is 2.18. The van der Waals surface area contributed by atoms with Crippen LogP contribution in [0.4, 0.5) is 0 Å². The highest BCUT2D eigenvalue weighted by Gasteiger charge is 2.22. The van der Waals surface area contributed by atoms with Crippen molar-refractivity contribution < 1.29 is 9.53 Å². The Hall–Kier alpha value is -3.12. The van der Waals surface area contributed by atoms with Crippen molar-refractivity contribution in [3.63, 3.8) is 0 Å². The number of carbonyl (C=O) groups is 1. The average Bonchev–Trinajstić information content (AvgIpc) is 3.00. The van der Waals surface area contributed by atoms with E-state index < -0.39 is 0 Å². The van der Waals surface area contributed by atoms with Gasteiger partial charge in [-0.25, -0.2) is 0 Å². The molecule has 0 unspecified atom stereocenters. The summed E-state index contributed by atoms with van der Waals surface area (Å²) >= 11 is 0. The summed E-state index contributed by atoms with van der Waals surface area (Å²) in [6.07, 6.45) is 2.47. The number of methoxy groups -OCH3 is 1. The molecule has 2 aromatic carbocycles. The molecule has 2 heterocycles. The molecule has 1 aliphatic heterocycles. The largest absolute Gasteiger partial charge is 0.497 e. The average molecular weight is 391 g/mol. The first-order valence-electron chi connectivity index (χ1n) is 9.90. The van der Waals surface area contributed by atoms with Crippen molar-refractivity contribution >= 4 is 16.7 Å². The molecule has 6 nitrogen and oxygen atoms in total. The Balaban J connectivity index is 1.46. The lowest BCUT2D eigenvalue weighted by atomic mass is 10.1. The maximum absolute atomic E-state index is 13.2. The molecular formula is C23H25N3O3. The van der Waals surface area contributed by atoms with Crippen LogP contribution in [0, 0.1) is 0 Å². The van der Waals surface area contributed by atoms with E-state index in [1.165, 1.54) is 5.56 Å². The fourth-order valence-electron chi connectivity index (χ4n) is 3.88. The van der Waals surface area contributed by atoms with Crippen LogP contribution in [0.3, 0.4) is 0 Å². The third kappa shape index (κ3) is 4.17. The fraction of sp³-hybridized carbons (Fsp3) is 0.304. The molecule has 150 valence electrons. The van der Waals surface area contributed by atoms with Gasteiger partial charge in [-0.05, 0) is 30.2 Å². The van der Waals surface area contributed by atoms with Crippen LogP contribution in [0.2, 0.25) is 0 Å². The smallest absolute Gasteiger partial charge is 0.256 e. The monoisotopic (exact) mass is 391 g/mol. The van der Waals surface area contributed by atoms with Crippen molar-refractivity contribution in [3.8, 4) is 5.75 Å². The number of aromatic nitrogens is 1. The predicted octanol–water partition coefficient (Wildman–Crippen LogP) is 2.88. The van der Waals surface area contributed by atoms with Crippen molar-refractivity contribution in [2.75, 3.05) is 33.3 Å². The summed E-state index contributed by atoms with van der Waals surface area (Å²) in [5.41, 5.74) is 1.62. The molecule has 0 atom stereocenters. The van der Waals surface area contributed by atoms with Gasteiger partial charge in [-0.1, -0.05) is 30.3 Å². The second-order valence-corrected chi connectivity index (χ2v) is 7.35. The first-order valence-corrected chi connectivity index (χ1v) is 9.90.